The molecule has 0 radical (unpaired) electrons. The van der Waals surface area contributed by atoms with Crippen LogP contribution in [-0.4, -0.2) is 81.1 Å². The molecular formula is C19H28N4O3. The number of amides is 2. The van der Waals surface area contributed by atoms with Crippen molar-refractivity contribution in [2.75, 3.05) is 69.7 Å². The molecular weight excluding hydrogens is 332 g/mol. The molecule has 26 heavy (non-hydrogen) atoms. The van der Waals surface area contributed by atoms with E-state index >= 15 is 0 Å². The quantitative estimate of drug-likeness (QED) is 0.820. The van der Waals surface area contributed by atoms with Crippen molar-refractivity contribution in [3.8, 4) is 0 Å². The molecule has 7 heteroatoms. The SMILES string of the molecule is CN(CC(=O)Nc1ccc(N2CCCC2)cc1)CC(=O)N1CCOCC1. The fourth-order valence-electron chi connectivity index (χ4n) is 3.38. The van der Waals surface area contributed by atoms with Crippen LogP contribution in [0.1, 0.15) is 12.8 Å². The summed E-state index contributed by atoms with van der Waals surface area (Å²) in [5.74, 6) is -0.0743. The molecule has 2 aliphatic rings. The minimum absolute atomic E-state index is 0.0403. The van der Waals surface area contributed by atoms with Crippen molar-refractivity contribution in [1.29, 1.82) is 0 Å². The highest BCUT2D eigenvalue weighted by atomic mass is 16.5. The average molecular weight is 360 g/mol. The van der Waals surface area contributed by atoms with Crippen LogP contribution in [0.4, 0.5) is 11.4 Å². The minimum Gasteiger partial charge on any atom is -0.378 e. The lowest BCUT2D eigenvalue weighted by Gasteiger charge is -2.28. The fraction of sp³-hybridized carbons (Fsp3) is 0.579. The van der Waals surface area contributed by atoms with Crippen molar-refractivity contribution in [2.45, 2.75) is 12.8 Å². The van der Waals surface area contributed by atoms with Gasteiger partial charge in [-0.2, -0.15) is 0 Å². The predicted molar refractivity (Wildman–Crippen MR) is 101 cm³/mol. The van der Waals surface area contributed by atoms with Crippen LogP contribution in [0.5, 0.6) is 0 Å². The Labute approximate surface area is 154 Å². The number of carbonyl (C=O) groups is 2. The molecule has 142 valence electrons. The molecule has 2 fully saturated rings. The Kier molecular flexibility index (Phi) is 6.46. The lowest BCUT2D eigenvalue weighted by molar-refractivity contribution is -0.136. The molecule has 0 aromatic heterocycles. The molecule has 2 saturated heterocycles. The van der Waals surface area contributed by atoms with E-state index in [4.69, 9.17) is 4.74 Å². The Balaban J connectivity index is 1.43. The van der Waals surface area contributed by atoms with Crippen LogP contribution in [0.15, 0.2) is 24.3 Å². The van der Waals surface area contributed by atoms with Gasteiger partial charge in [-0.15, -0.1) is 0 Å². The number of morpholine rings is 1. The maximum absolute atomic E-state index is 12.2. The van der Waals surface area contributed by atoms with Gasteiger partial charge in [0.2, 0.25) is 11.8 Å². The highest BCUT2D eigenvalue weighted by Crippen LogP contribution is 2.21. The third-order valence-electron chi connectivity index (χ3n) is 4.80. The van der Waals surface area contributed by atoms with Crippen molar-refractivity contribution in [3.63, 3.8) is 0 Å². The average Bonchev–Trinajstić information content (AvgIpc) is 3.17. The van der Waals surface area contributed by atoms with Crippen LogP contribution >= 0.6 is 0 Å². The third kappa shape index (κ3) is 5.19. The Hall–Kier alpha value is -2.12. The normalized spacial score (nSPS) is 17.6. The van der Waals surface area contributed by atoms with Gasteiger partial charge in [0.25, 0.3) is 0 Å². The van der Waals surface area contributed by atoms with E-state index < -0.39 is 0 Å². The number of hydrogen-bond acceptors (Lipinski definition) is 5. The molecule has 2 heterocycles. The van der Waals surface area contributed by atoms with Gasteiger partial charge in [-0.1, -0.05) is 0 Å². The van der Waals surface area contributed by atoms with E-state index in [1.54, 1.807) is 16.8 Å². The minimum atomic E-state index is -0.115. The first-order valence-electron chi connectivity index (χ1n) is 9.31. The maximum Gasteiger partial charge on any atom is 0.238 e. The van der Waals surface area contributed by atoms with Gasteiger partial charge >= 0.3 is 0 Å². The van der Waals surface area contributed by atoms with Gasteiger partial charge in [0.15, 0.2) is 0 Å². The first kappa shape index (κ1) is 18.7. The summed E-state index contributed by atoms with van der Waals surface area (Å²) in [7, 11) is 1.79. The molecule has 1 aromatic carbocycles. The van der Waals surface area contributed by atoms with Crippen LogP contribution in [0.2, 0.25) is 0 Å². The van der Waals surface area contributed by atoms with E-state index in [0.717, 1.165) is 18.8 Å². The van der Waals surface area contributed by atoms with Crippen LogP contribution in [0, 0.1) is 0 Å². The van der Waals surface area contributed by atoms with Gasteiger partial charge in [0.05, 0.1) is 26.3 Å². The summed E-state index contributed by atoms with van der Waals surface area (Å²) in [6, 6.07) is 7.97. The molecule has 0 spiro atoms. The number of likely N-dealkylation sites (N-methyl/N-ethyl adjacent to an activating group) is 1. The molecule has 0 saturated carbocycles. The standard InChI is InChI=1S/C19H28N4O3/c1-21(15-19(25)23-10-12-26-13-11-23)14-18(24)20-16-4-6-17(7-5-16)22-8-2-3-9-22/h4-7H,2-3,8-15H2,1H3,(H,20,24). The first-order chi connectivity index (χ1) is 12.6. The zero-order chi connectivity index (χ0) is 18.4. The van der Waals surface area contributed by atoms with Gasteiger partial charge < -0.3 is 19.9 Å². The van der Waals surface area contributed by atoms with Gasteiger partial charge in [-0.05, 0) is 44.2 Å². The monoisotopic (exact) mass is 360 g/mol. The third-order valence-corrected chi connectivity index (χ3v) is 4.80. The van der Waals surface area contributed by atoms with Gasteiger partial charge in [0.1, 0.15) is 0 Å². The highest BCUT2D eigenvalue weighted by molar-refractivity contribution is 5.92. The molecule has 2 aliphatic heterocycles. The number of hydrogen-bond donors (Lipinski definition) is 1. The first-order valence-corrected chi connectivity index (χ1v) is 9.31. The summed E-state index contributed by atoms with van der Waals surface area (Å²) < 4.78 is 5.25. The second-order valence-corrected chi connectivity index (χ2v) is 6.95. The Morgan fingerprint density at radius 1 is 1.04 bits per heavy atom. The van der Waals surface area contributed by atoms with Crippen LogP contribution in [0.3, 0.4) is 0 Å². The van der Waals surface area contributed by atoms with Gasteiger partial charge in [0, 0.05) is 37.6 Å². The van der Waals surface area contributed by atoms with Gasteiger partial charge in [-0.25, -0.2) is 0 Å². The number of nitrogens with one attached hydrogen (secondary N) is 1. The number of carbonyl (C=O) groups excluding carboxylic acids is 2. The van der Waals surface area contributed by atoms with Crippen LogP contribution in [0.25, 0.3) is 0 Å². The molecule has 1 aromatic rings. The molecule has 0 aliphatic carbocycles. The second-order valence-electron chi connectivity index (χ2n) is 6.95. The summed E-state index contributed by atoms with van der Waals surface area (Å²) >= 11 is 0. The topological polar surface area (TPSA) is 65.1 Å². The van der Waals surface area contributed by atoms with Crippen LogP contribution < -0.4 is 10.2 Å². The van der Waals surface area contributed by atoms with Crippen molar-refractivity contribution < 1.29 is 14.3 Å². The summed E-state index contributed by atoms with van der Waals surface area (Å²) in [5.41, 5.74) is 1.99. The Morgan fingerprint density at radius 3 is 2.35 bits per heavy atom. The molecule has 3 rings (SSSR count). The van der Waals surface area contributed by atoms with E-state index in [1.807, 2.05) is 24.3 Å². The molecule has 0 unspecified atom stereocenters. The van der Waals surface area contributed by atoms with E-state index in [0.29, 0.717) is 26.3 Å². The van der Waals surface area contributed by atoms with Gasteiger partial charge in [-0.3, -0.25) is 14.5 Å². The smallest absolute Gasteiger partial charge is 0.238 e. The Bertz CT molecular complexity index is 608. The molecule has 7 nitrogen and oxygen atoms in total. The maximum atomic E-state index is 12.2. The lowest BCUT2D eigenvalue weighted by atomic mass is 10.2. The molecule has 2 amide bonds. The van der Waals surface area contributed by atoms with Crippen molar-refractivity contribution in [3.05, 3.63) is 24.3 Å². The zero-order valence-electron chi connectivity index (χ0n) is 15.4. The lowest BCUT2D eigenvalue weighted by Crippen LogP contribution is -2.46. The number of ether oxygens (including phenoxy) is 1. The predicted octanol–water partition coefficient (Wildman–Crippen LogP) is 1.02. The van der Waals surface area contributed by atoms with E-state index in [9.17, 15) is 9.59 Å². The fourth-order valence-corrected chi connectivity index (χ4v) is 3.38. The zero-order valence-corrected chi connectivity index (χ0v) is 15.4. The summed E-state index contributed by atoms with van der Waals surface area (Å²) in [6.07, 6.45) is 2.49. The summed E-state index contributed by atoms with van der Waals surface area (Å²) in [4.78, 5) is 30.3. The largest absolute Gasteiger partial charge is 0.378 e. The molecule has 0 bridgehead atoms. The van der Waals surface area contributed by atoms with Crippen molar-refractivity contribution in [1.82, 2.24) is 9.80 Å². The van der Waals surface area contributed by atoms with Crippen molar-refractivity contribution >= 4 is 23.2 Å². The second kappa shape index (κ2) is 9.00. The molecule has 0 atom stereocenters. The number of benzene rings is 1. The highest BCUT2D eigenvalue weighted by Gasteiger charge is 2.19. The van der Waals surface area contributed by atoms with E-state index in [1.165, 1.54) is 18.5 Å². The number of nitrogens with zero attached hydrogens (tertiary/aromatic N) is 3. The van der Waals surface area contributed by atoms with E-state index in [-0.39, 0.29) is 24.9 Å². The number of anilines is 2. The Morgan fingerprint density at radius 2 is 1.69 bits per heavy atom. The van der Waals surface area contributed by atoms with E-state index in [2.05, 4.69) is 10.2 Å². The van der Waals surface area contributed by atoms with Crippen LogP contribution in [-0.2, 0) is 14.3 Å². The van der Waals surface area contributed by atoms with Crippen molar-refractivity contribution in [2.24, 2.45) is 0 Å². The number of rotatable bonds is 6. The summed E-state index contributed by atoms with van der Waals surface area (Å²) in [5, 5.41) is 2.90. The molecule has 1 N–H and O–H groups in total. The summed E-state index contributed by atoms with van der Waals surface area (Å²) in [6.45, 7) is 5.06.